The zero-order chi connectivity index (χ0) is 18.3. The predicted molar refractivity (Wildman–Crippen MR) is 104 cm³/mol. The fourth-order valence-corrected chi connectivity index (χ4v) is 3.18. The van der Waals surface area contributed by atoms with Gasteiger partial charge in [0.15, 0.2) is 5.78 Å². The van der Waals surface area contributed by atoms with Gasteiger partial charge in [-0.2, -0.15) is 0 Å². The summed E-state index contributed by atoms with van der Waals surface area (Å²) < 4.78 is 2.17. The molecule has 6 heteroatoms. The molecule has 2 N–H and O–H groups in total. The van der Waals surface area contributed by atoms with Crippen LogP contribution in [0.5, 0.6) is 5.88 Å². The molecule has 0 radical (unpaired) electrons. The number of benzene rings is 2. The van der Waals surface area contributed by atoms with E-state index in [9.17, 15) is 14.7 Å². The summed E-state index contributed by atoms with van der Waals surface area (Å²) in [6.45, 7) is 0. The average Bonchev–Trinajstić information content (AvgIpc) is 2.92. The molecule has 0 saturated carbocycles. The third kappa shape index (κ3) is 2.74. The van der Waals surface area contributed by atoms with E-state index < -0.39 is 5.56 Å². The first-order valence-corrected chi connectivity index (χ1v) is 8.67. The molecule has 0 amide bonds. The molecule has 0 saturated heterocycles. The number of hydrogen-bond donors (Lipinski definition) is 2. The van der Waals surface area contributed by atoms with Crippen molar-refractivity contribution >= 4 is 39.4 Å². The summed E-state index contributed by atoms with van der Waals surface area (Å²) in [6.07, 6.45) is 4.64. The molecule has 1 aliphatic carbocycles. The maximum atomic E-state index is 12.4. The normalized spacial score (nSPS) is 14.7. The van der Waals surface area contributed by atoms with E-state index in [-0.39, 0.29) is 17.2 Å². The Morgan fingerprint density at radius 1 is 1.00 bits per heavy atom. The lowest BCUT2D eigenvalue weighted by Gasteiger charge is -2.12. The second-order valence-corrected chi connectivity index (χ2v) is 6.75. The second-order valence-electron chi connectivity index (χ2n) is 5.83. The van der Waals surface area contributed by atoms with Gasteiger partial charge in [-0.15, -0.1) is 0 Å². The summed E-state index contributed by atoms with van der Waals surface area (Å²) >= 11 is 3.35. The van der Waals surface area contributed by atoms with Gasteiger partial charge in [0.25, 0.3) is 5.56 Å². The second kappa shape index (κ2) is 6.31. The smallest absolute Gasteiger partial charge is 0.275 e. The van der Waals surface area contributed by atoms with E-state index in [1.807, 2.05) is 24.3 Å². The number of H-pyrrole nitrogens is 1. The van der Waals surface area contributed by atoms with Crippen LogP contribution in [0.1, 0.15) is 16.7 Å². The Bertz CT molecular complexity index is 1130. The van der Waals surface area contributed by atoms with Crippen molar-refractivity contribution in [3.8, 4) is 11.6 Å². The Hall–Kier alpha value is -3.12. The van der Waals surface area contributed by atoms with Gasteiger partial charge in [0.2, 0.25) is 5.88 Å². The van der Waals surface area contributed by atoms with Crippen LogP contribution in [0.15, 0.2) is 63.9 Å². The Morgan fingerprint density at radius 3 is 2.50 bits per heavy atom. The van der Waals surface area contributed by atoms with Crippen LogP contribution in [0.4, 0.5) is 0 Å². The summed E-state index contributed by atoms with van der Waals surface area (Å²) in [6, 6.07) is 14.5. The van der Waals surface area contributed by atoms with E-state index in [4.69, 9.17) is 0 Å². The number of nitrogens with zero attached hydrogens (tertiary/aromatic N) is 1. The highest BCUT2D eigenvalue weighted by Crippen LogP contribution is 2.30. The Morgan fingerprint density at radius 2 is 1.73 bits per heavy atom. The topological polar surface area (TPSA) is 75.1 Å². The molecule has 0 bridgehead atoms. The van der Waals surface area contributed by atoms with E-state index in [0.717, 1.165) is 15.6 Å². The molecule has 0 aliphatic heterocycles. The molecule has 1 aromatic heterocycles. The standard InChI is InChI=1S/C20H13BrN2O3/c21-13-6-8-14(9-7-13)23-20(26)17(19(25)22-23)11-16-15-4-2-1-3-12(15)5-10-18(16)24/h1-11,26H,(H,22,25). The molecule has 0 fully saturated rings. The molecule has 128 valence electrons. The van der Waals surface area contributed by atoms with Gasteiger partial charge in [0, 0.05) is 10.0 Å². The first kappa shape index (κ1) is 16.4. The predicted octanol–water partition coefficient (Wildman–Crippen LogP) is 3.77. The Labute approximate surface area is 157 Å². The highest BCUT2D eigenvalue weighted by molar-refractivity contribution is 9.10. The number of aromatic nitrogens is 2. The number of nitrogens with one attached hydrogen (secondary N) is 1. The van der Waals surface area contributed by atoms with Crippen LogP contribution in [0.25, 0.3) is 23.4 Å². The van der Waals surface area contributed by atoms with Crippen molar-refractivity contribution in [1.82, 2.24) is 9.78 Å². The van der Waals surface area contributed by atoms with Gasteiger partial charge >= 0.3 is 0 Å². The van der Waals surface area contributed by atoms with Crippen molar-refractivity contribution in [3.05, 3.63) is 86.1 Å². The van der Waals surface area contributed by atoms with Gasteiger partial charge < -0.3 is 5.11 Å². The number of allylic oxidation sites excluding steroid dienone is 2. The minimum Gasteiger partial charge on any atom is -0.493 e. The number of fused-ring (bicyclic) bond motifs is 1. The number of carbonyl (C=O) groups excluding carboxylic acids is 1. The van der Waals surface area contributed by atoms with E-state index in [1.165, 1.54) is 16.8 Å². The van der Waals surface area contributed by atoms with Gasteiger partial charge in [0.1, 0.15) is 5.56 Å². The summed E-state index contributed by atoms with van der Waals surface area (Å²) in [7, 11) is 0. The fraction of sp³-hybridized carbons (Fsp3) is 0. The summed E-state index contributed by atoms with van der Waals surface area (Å²) in [5.41, 5.74) is 2.16. The number of aromatic hydroxyl groups is 1. The minimum atomic E-state index is -0.474. The van der Waals surface area contributed by atoms with Crippen LogP contribution in [0.2, 0.25) is 0 Å². The molecule has 1 heterocycles. The van der Waals surface area contributed by atoms with Crippen LogP contribution in [0.3, 0.4) is 0 Å². The quantitative estimate of drug-likeness (QED) is 0.633. The van der Waals surface area contributed by atoms with Crippen molar-refractivity contribution in [2.75, 3.05) is 0 Å². The fourth-order valence-electron chi connectivity index (χ4n) is 2.91. The molecule has 2 aromatic carbocycles. The molecule has 5 nitrogen and oxygen atoms in total. The van der Waals surface area contributed by atoms with E-state index in [2.05, 4.69) is 21.0 Å². The van der Waals surface area contributed by atoms with Crippen LogP contribution >= 0.6 is 15.9 Å². The van der Waals surface area contributed by atoms with Crippen molar-refractivity contribution < 1.29 is 9.90 Å². The first-order chi connectivity index (χ1) is 12.5. The number of rotatable bonds is 2. The highest BCUT2D eigenvalue weighted by atomic mass is 79.9. The van der Waals surface area contributed by atoms with Crippen LogP contribution < -0.4 is 5.56 Å². The SMILES string of the molecule is O=C1C=Cc2ccccc2C1=Cc1c(O)n(-c2ccc(Br)cc2)[nH]c1=O. The molecule has 26 heavy (non-hydrogen) atoms. The molecule has 4 rings (SSSR count). The van der Waals surface area contributed by atoms with E-state index in [0.29, 0.717) is 11.3 Å². The van der Waals surface area contributed by atoms with Crippen molar-refractivity contribution in [2.24, 2.45) is 0 Å². The Kier molecular flexibility index (Phi) is 3.97. The summed E-state index contributed by atoms with van der Waals surface area (Å²) in [5, 5.41) is 13.1. The maximum Gasteiger partial charge on any atom is 0.275 e. The number of aromatic amines is 1. The van der Waals surface area contributed by atoms with E-state index >= 15 is 0 Å². The molecular weight excluding hydrogens is 396 g/mol. The largest absolute Gasteiger partial charge is 0.493 e. The monoisotopic (exact) mass is 408 g/mol. The van der Waals surface area contributed by atoms with Gasteiger partial charge in [-0.3, -0.25) is 14.7 Å². The lowest BCUT2D eigenvalue weighted by Crippen LogP contribution is -2.08. The molecule has 1 aliphatic rings. The molecule has 0 spiro atoms. The number of halogens is 1. The lowest BCUT2D eigenvalue weighted by atomic mass is 9.90. The lowest BCUT2D eigenvalue weighted by molar-refractivity contribution is -0.109. The maximum absolute atomic E-state index is 12.4. The van der Waals surface area contributed by atoms with Crippen molar-refractivity contribution in [3.63, 3.8) is 0 Å². The number of carbonyl (C=O) groups is 1. The van der Waals surface area contributed by atoms with Crippen molar-refractivity contribution in [1.29, 1.82) is 0 Å². The molecule has 0 atom stereocenters. The molecular formula is C20H13BrN2O3. The third-order valence-electron chi connectivity index (χ3n) is 4.21. The van der Waals surface area contributed by atoms with Gasteiger partial charge in [-0.25, -0.2) is 4.68 Å². The average molecular weight is 409 g/mol. The third-order valence-corrected chi connectivity index (χ3v) is 4.74. The van der Waals surface area contributed by atoms with Crippen LogP contribution in [-0.2, 0) is 4.79 Å². The number of ketones is 1. The molecule has 0 unspecified atom stereocenters. The van der Waals surface area contributed by atoms with Crippen LogP contribution in [-0.4, -0.2) is 20.7 Å². The van der Waals surface area contributed by atoms with Crippen molar-refractivity contribution in [2.45, 2.75) is 0 Å². The van der Waals surface area contributed by atoms with Crippen LogP contribution in [0, 0.1) is 0 Å². The Balaban J connectivity index is 1.86. The van der Waals surface area contributed by atoms with Gasteiger partial charge in [0.05, 0.1) is 5.69 Å². The van der Waals surface area contributed by atoms with E-state index in [1.54, 1.807) is 30.3 Å². The minimum absolute atomic E-state index is 0.0429. The first-order valence-electron chi connectivity index (χ1n) is 7.88. The highest BCUT2D eigenvalue weighted by Gasteiger charge is 2.20. The van der Waals surface area contributed by atoms with Gasteiger partial charge in [-0.1, -0.05) is 46.3 Å². The van der Waals surface area contributed by atoms with Gasteiger partial charge in [-0.05, 0) is 47.5 Å². The summed E-state index contributed by atoms with van der Waals surface area (Å²) in [5.74, 6) is -0.455. The molecule has 3 aromatic rings. The summed E-state index contributed by atoms with van der Waals surface area (Å²) in [4.78, 5) is 24.7. The zero-order valence-electron chi connectivity index (χ0n) is 13.4. The number of hydrogen-bond acceptors (Lipinski definition) is 3. The zero-order valence-corrected chi connectivity index (χ0v) is 15.0.